The molecule has 7 heteroatoms. The number of tetrazole rings is 1. The van der Waals surface area contributed by atoms with Crippen molar-refractivity contribution in [3.8, 4) is 11.4 Å². The maximum absolute atomic E-state index is 10.6. The number of nitrogens with one attached hydrogen (secondary N) is 2. The molecule has 1 aromatic carbocycles. The summed E-state index contributed by atoms with van der Waals surface area (Å²) in [5, 5.41) is 15.9. The zero-order valence-electron chi connectivity index (χ0n) is 7.64. The lowest BCUT2D eigenvalue weighted by Crippen LogP contribution is -2.19. The Hall–Kier alpha value is -2.44. The van der Waals surface area contributed by atoms with Crippen LogP contribution in [0.15, 0.2) is 24.3 Å². The number of primary amides is 1. The lowest BCUT2D eigenvalue weighted by atomic mass is 10.2. The third-order valence-corrected chi connectivity index (χ3v) is 1.76. The second kappa shape index (κ2) is 3.74. The number of rotatable bonds is 2. The number of carbonyl (C=O) groups excluding carboxylic acids is 1. The summed E-state index contributed by atoms with van der Waals surface area (Å²) in [4.78, 5) is 10.6. The van der Waals surface area contributed by atoms with Crippen LogP contribution in [-0.4, -0.2) is 26.7 Å². The molecular formula is C8H8N6O. The molecule has 0 saturated carbocycles. The zero-order valence-corrected chi connectivity index (χ0v) is 7.64. The number of aromatic amines is 1. The van der Waals surface area contributed by atoms with Crippen molar-refractivity contribution >= 4 is 11.7 Å². The molecule has 0 aliphatic rings. The first-order valence-corrected chi connectivity index (χ1v) is 4.16. The Morgan fingerprint density at radius 3 is 2.60 bits per heavy atom. The van der Waals surface area contributed by atoms with Gasteiger partial charge in [-0.05, 0) is 29.5 Å². The third-order valence-electron chi connectivity index (χ3n) is 1.76. The Morgan fingerprint density at radius 1 is 1.33 bits per heavy atom. The molecular weight excluding hydrogens is 196 g/mol. The first-order valence-electron chi connectivity index (χ1n) is 4.16. The van der Waals surface area contributed by atoms with Gasteiger partial charge >= 0.3 is 6.03 Å². The number of carbonyl (C=O) groups is 1. The largest absolute Gasteiger partial charge is 0.351 e. The fourth-order valence-corrected chi connectivity index (χ4v) is 1.13. The Bertz CT molecular complexity index is 448. The molecule has 0 unspecified atom stereocenters. The summed E-state index contributed by atoms with van der Waals surface area (Å²) in [5.41, 5.74) is 6.39. The third kappa shape index (κ3) is 2.08. The van der Waals surface area contributed by atoms with Crippen LogP contribution < -0.4 is 11.1 Å². The molecule has 2 rings (SSSR count). The van der Waals surface area contributed by atoms with E-state index in [1.54, 1.807) is 24.3 Å². The molecule has 4 N–H and O–H groups in total. The molecule has 2 aromatic rings. The smallest absolute Gasteiger partial charge is 0.316 e. The monoisotopic (exact) mass is 204 g/mol. The van der Waals surface area contributed by atoms with Crippen LogP contribution in [-0.2, 0) is 0 Å². The lowest BCUT2D eigenvalue weighted by Gasteiger charge is -2.01. The lowest BCUT2D eigenvalue weighted by molar-refractivity contribution is 0.259. The average Bonchev–Trinajstić information content (AvgIpc) is 2.71. The first kappa shape index (κ1) is 9.13. The van der Waals surface area contributed by atoms with Crippen LogP contribution in [0.2, 0.25) is 0 Å². The summed E-state index contributed by atoms with van der Waals surface area (Å²) in [6.07, 6.45) is 0. The van der Waals surface area contributed by atoms with Crippen molar-refractivity contribution in [1.82, 2.24) is 20.6 Å². The molecule has 2 amide bonds. The number of aromatic nitrogens is 4. The van der Waals surface area contributed by atoms with Crippen LogP contribution in [0.3, 0.4) is 0 Å². The van der Waals surface area contributed by atoms with Crippen LogP contribution in [0.5, 0.6) is 0 Å². The van der Waals surface area contributed by atoms with E-state index in [2.05, 4.69) is 25.9 Å². The van der Waals surface area contributed by atoms with E-state index in [4.69, 9.17) is 5.73 Å². The normalized spacial score (nSPS) is 9.87. The van der Waals surface area contributed by atoms with Gasteiger partial charge in [0, 0.05) is 11.3 Å². The fraction of sp³-hybridized carbons (Fsp3) is 0. The topological polar surface area (TPSA) is 110 Å². The number of anilines is 1. The van der Waals surface area contributed by atoms with Gasteiger partial charge in [0.25, 0.3) is 0 Å². The molecule has 15 heavy (non-hydrogen) atoms. The van der Waals surface area contributed by atoms with Crippen LogP contribution in [0.1, 0.15) is 0 Å². The summed E-state index contributed by atoms with van der Waals surface area (Å²) < 4.78 is 0. The van der Waals surface area contributed by atoms with Crippen molar-refractivity contribution in [3.63, 3.8) is 0 Å². The highest BCUT2D eigenvalue weighted by Crippen LogP contribution is 2.16. The maximum Gasteiger partial charge on any atom is 0.316 e. The minimum absolute atomic E-state index is 0.501. The van der Waals surface area contributed by atoms with Gasteiger partial charge in [-0.2, -0.15) is 5.21 Å². The molecule has 0 aliphatic carbocycles. The number of amides is 2. The molecule has 0 fully saturated rings. The number of hydrogen-bond acceptors (Lipinski definition) is 4. The Balaban J connectivity index is 2.21. The van der Waals surface area contributed by atoms with Crippen LogP contribution in [0.25, 0.3) is 11.4 Å². The van der Waals surface area contributed by atoms with Crippen LogP contribution in [0, 0.1) is 0 Å². The molecule has 1 aromatic heterocycles. The first-order chi connectivity index (χ1) is 7.25. The number of H-pyrrole nitrogens is 1. The van der Waals surface area contributed by atoms with Crippen molar-refractivity contribution in [2.75, 3.05) is 5.32 Å². The Morgan fingerprint density at radius 2 is 2.07 bits per heavy atom. The molecule has 0 saturated heterocycles. The summed E-state index contributed by atoms with van der Waals surface area (Å²) in [6.45, 7) is 0. The summed E-state index contributed by atoms with van der Waals surface area (Å²) in [7, 11) is 0. The molecule has 0 atom stereocenters. The quantitative estimate of drug-likeness (QED) is 0.655. The van der Waals surface area contributed by atoms with E-state index in [1.807, 2.05) is 0 Å². The number of benzene rings is 1. The second-order valence-corrected chi connectivity index (χ2v) is 2.80. The highest BCUT2D eigenvalue weighted by molar-refractivity contribution is 5.88. The van der Waals surface area contributed by atoms with Gasteiger partial charge in [0.1, 0.15) is 0 Å². The van der Waals surface area contributed by atoms with E-state index >= 15 is 0 Å². The summed E-state index contributed by atoms with van der Waals surface area (Å²) in [6, 6.07) is 6.33. The van der Waals surface area contributed by atoms with Crippen LogP contribution in [0.4, 0.5) is 10.5 Å². The van der Waals surface area contributed by atoms with E-state index in [-0.39, 0.29) is 0 Å². The van der Waals surface area contributed by atoms with Gasteiger partial charge in [0.2, 0.25) is 5.82 Å². The minimum atomic E-state index is -0.595. The fourth-order valence-electron chi connectivity index (χ4n) is 1.13. The molecule has 76 valence electrons. The molecule has 0 spiro atoms. The van der Waals surface area contributed by atoms with Crippen molar-refractivity contribution < 1.29 is 4.79 Å². The van der Waals surface area contributed by atoms with E-state index in [0.717, 1.165) is 5.56 Å². The predicted octanol–water partition coefficient (Wildman–Crippen LogP) is 0.357. The summed E-state index contributed by atoms with van der Waals surface area (Å²) in [5.74, 6) is 0.501. The van der Waals surface area contributed by atoms with Gasteiger partial charge in [0.05, 0.1) is 0 Å². The number of urea groups is 1. The van der Waals surface area contributed by atoms with Crippen molar-refractivity contribution in [1.29, 1.82) is 0 Å². The minimum Gasteiger partial charge on any atom is -0.351 e. The van der Waals surface area contributed by atoms with Gasteiger partial charge < -0.3 is 11.1 Å². The highest BCUT2D eigenvalue weighted by atomic mass is 16.2. The molecule has 7 nitrogen and oxygen atoms in total. The van der Waals surface area contributed by atoms with Crippen molar-refractivity contribution in [2.24, 2.45) is 5.73 Å². The number of hydrogen-bond donors (Lipinski definition) is 3. The second-order valence-electron chi connectivity index (χ2n) is 2.80. The van der Waals surface area contributed by atoms with E-state index in [9.17, 15) is 4.79 Å². The SMILES string of the molecule is NC(=O)Nc1ccc(-c2nn[nH]n2)cc1. The van der Waals surface area contributed by atoms with Gasteiger partial charge in [0.15, 0.2) is 0 Å². The Kier molecular flexibility index (Phi) is 2.28. The van der Waals surface area contributed by atoms with E-state index in [1.165, 1.54) is 0 Å². The molecule has 1 heterocycles. The van der Waals surface area contributed by atoms with Gasteiger partial charge in [-0.1, -0.05) is 0 Å². The summed E-state index contributed by atoms with van der Waals surface area (Å²) >= 11 is 0. The number of nitrogens with two attached hydrogens (primary N) is 1. The maximum atomic E-state index is 10.6. The zero-order chi connectivity index (χ0) is 10.7. The van der Waals surface area contributed by atoms with Crippen molar-refractivity contribution in [2.45, 2.75) is 0 Å². The van der Waals surface area contributed by atoms with Gasteiger partial charge in [-0.25, -0.2) is 4.79 Å². The van der Waals surface area contributed by atoms with Crippen LogP contribution >= 0.6 is 0 Å². The standard InChI is InChI=1S/C8H8N6O/c9-8(15)10-6-3-1-5(2-4-6)7-11-13-14-12-7/h1-4H,(H3,9,10,15)(H,11,12,13,14). The molecule has 0 bridgehead atoms. The highest BCUT2D eigenvalue weighted by Gasteiger charge is 2.02. The predicted molar refractivity (Wildman–Crippen MR) is 52.8 cm³/mol. The number of nitrogens with zero attached hydrogens (tertiary/aromatic N) is 3. The van der Waals surface area contributed by atoms with E-state index < -0.39 is 6.03 Å². The van der Waals surface area contributed by atoms with Gasteiger partial charge in [-0.15, -0.1) is 10.2 Å². The molecule has 0 aliphatic heterocycles. The van der Waals surface area contributed by atoms with Gasteiger partial charge in [-0.3, -0.25) is 0 Å². The average molecular weight is 204 g/mol. The van der Waals surface area contributed by atoms with Crippen molar-refractivity contribution in [3.05, 3.63) is 24.3 Å². The van der Waals surface area contributed by atoms with E-state index in [0.29, 0.717) is 11.5 Å². The Labute approximate surface area is 84.7 Å². The molecule has 0 radical (unpaired) electrons.